The van der Waals surface area contributed by atoms with Crippen LogP contribution < -0.4 is 5.32 Å². The van der Waals surface area contributed by atoms with Gasteiger partial charge in [-0.1, -0.05) is 225 Å². The van der Waals surface area contributed by atoms with Gasteiger partial charge >= 0.3 is 7.60 Å². The molecule has 0 spiro atoms. The number of hydrogen-bond donors (Lipinski definition) is 2. The van der Waals surface area contributed by atoms with Gasteiger partial charge in [0.15, 0.2) is 11.5 Å². The lowest BCUT2D eigenvalue weighted by molar-refractivity contribution is 0.0124. The highest BCUT2D eigenvalue weighted by Crippen LogP contribution is 2.49. The van der Waals surface area contributed by atoms with Crippen molar-refractivity contribution in [2.75, 3.05) is 38.1 Å². The molecule has 2 aromatic heterocycles. The van der Waals surface area contributed by atoms with E-state index >= 15 is 0 Å². The molecule has 2 atom stereocenters. The number of aliphatic hydroxyl groups is 1. The Morgan fingerprint density at radius 2 is 1.12 bits per heavy atom. The van der Waals surface area contributed by atoms with E-state index in [0.29, 0.717) is 23.6 Å². The monoisotopic (exact) mass is 932 g/mol. The van der Waals surface area contributed by atoms with Gasteiger partial charge in [0.1, 0.15) is 23.7 Å². The average molecular weight is 932 g/mol. The minimum absolute atomic E-state index is 0.0839. The summed E-state index contributed by atoms with van der Waals surface area (Å²) >= 11 is 0. The molecule has 0 radical (unpaired) electrons. The van der Waals surface area contributed by atoms with Crippen LogP contribution in [0.25, 0.3) is 11.2 Å². The van der Waals surface area contributed by atoms with Gasteiger partial charge in [0, 0.05) is 6.61 Å². The molecule has 0 aliphatic rings. The maximum absolute atomic E-state index is 14.2. The molecule has 2 N–H and O–H groups in total. The van der Waals surface area contributed by atoms with Crippen molar-refractivity contribution in [3.05, 3.63) is 156 Å². The maximum Gasteiger partial charge on any atom is 0.356 e. The number of benzene rings is 4. The fourth-order valence-corrected chi connectivity index (χ4v) is 9.91. The number of anilines is 1. The zero-order chi connectivity index (χ0) is 46.7. The van der Waals surface area contributed by atoms with E-state index in [4.69, 9.17) is 28.5 Å². The first-order chi connectivity index (χ1) is 33.0. The number of imidazole rings is 1. The molecule has 0 aliphatic carbocycles. The van der Waals surface area contributed by atoms with Crippen LogP contribution in [0.4, 0.5) is 5.82 Å². The van der Waals surface area contributed by atoms with Crippen LogP contribution in [0.2, 0.25) is 0 Å². The number of ether oxygens (including phenoxy) is 2. The van der Waals surface area contributed by atoms with Crippen LogP contribution in [0.1, 0.15) is 132 Å². The van der Waals surface area contributed by atoms with E-state index in [-0.39, 0.29) is 39.3 Å². The fourth-order valence-electron chi connectivity index (χ4n) is 8.59. The number of nitrogens with zero attached hydrogens (tertiary/aromatic N) is 4. The number of nitrogens with one attached hydrogen (secondary N) is 1. The van der Waals surface area contributed by atoms with Crippen LogP contribution in [0.15, 0.2) is 134 Å². The zero-order valence-electron chi connectivity index (χ0n) is 39.8. The first-order valence-electron chi connectivity index (χ1n) is 24.9. The summed E-state index contributed by atoms with van der Waals surface area (Å²) in [4.78, 5) is 14.1. The van der Waals surface area contributed by atoms with Crippen LogP contribution in [-0.4, -0.2) is 63.5 Å². The van der Waals surface area contributed by atoms with Crippen molar-refractivity contribution in [3.63, 3.8) is 0 Å². The predicted molar refractivity (Wildman–Crippen MR) is 270 cm³/mol. The second kappa shape index (κ2) is 29.2. The Morgan fingerprint density at radius 3 is 1.64 bits per heavy atom. The third-order valence-corrected chi connectivity index (χ3v) is 13.9. The van der Waals surface area contributed by atoms with Crippen molar-refractivity contribution in [2.45, 2.75) is 134 Å². The number of aliphatic hydroxyl groups excluding tert-OH is 1. The van der Waals surface area contributed by atoms with E-state index in [2.05, 4.69) is 53.6 Å². The molecular formula is C55H74N5O6P. The maximum atomic E-state index is 14.2. The van der Waals surface area contributed by atoms with Gasteiger partial charge in [0.05, 0.1) is 45.4 Å². The van der Waals surface area contributed by atoms with E-state index in [1.165, 1.54) is 96.2 Å². The second-order valence-corrected chi connectivity index (χ2v) is 19.5. The van der Waals surface area contributed by atoms with Crippen molar-refractivity contribution >= 4 is 24.6 Å². The number of hydrogen-bond acceptors (Lipinski definition) is 10. The van der Waals surface area contributed by atoms with E-state index in [9.17, 15) is 9.67 Å². The third kappa shape index (κ3) is 16.5. The van der Waals surface area contributed by atoms with Crippen molar-refractivity contribution in [2.24, 2.45) is 0 Å². The van der Waals surface area contributed by atoms with Crippen LogP contribution in [0.3, 0.4) is 0 Å². The van der Waals surface area contributed by atoms with E-state index < -0.39 is 19.2 Å². The van der Waals surface area contributed by atoms with Gasteiger partial charge in [-0.05, 0) is 28.7 Å². The van der Waals surface area contributed by atoms with Crippen LogP contribution in [-0.2, 0) is 41.8 Å². The molecule has 12 heteroatoms. The fraction of sp³-hybridized carbons (Fsp3) is 0.473. The summed E-state index contributed by atoms with van der Waals surface area (Å²) in [6.45, 7) is 3.19. The lowest BCUT2D eigenvalue weighted by atomic mass is 9.77. The van der Waals surface area contributed by atoms with Gasteiger partial charge in [0.25, 0.3) is 0 Å². The Labute approximate surface area is 399 Å². The summed E-state index contributed by atoms with van der Waals surface area (Å²) in [5.74, 6) is 0.533. The Balaban J connectivity index is 0.995. The highest BCUT2D eigenvalue weighted by molar-refractivity contribution is 7.53. The number of aromatic nitrogens is 4. The molecule has 6 aromatic rings. The lowest BCUT2D eigenvalue weighted by Crippen LogP contribution is -2.38. The first-order valence-corrected chi connectivity index (χ1v) is 26.6. The van der Waals surface area contributed by atoms with E-state index in [0.717, 1.165) is 35.1 Å². The smallest absolute Gasteiger partial charge is 0.356 e. The molecular weight excluding hydrogens is 858 g/mol. The molecule has 6 rings (SSSR count). The third-order valence-electron chi connectivity index (χ3n) is 12.3. The zero-order valence-corrected chi connectivity index (χ0v) is 40.7. The van der Waals surface area contributed by atoms with Gasteiger partial charge in [-0.2, -0.15) is 0 Å². The van der Waals surface area contributed by atoms with E-state index in [1.54, 1.807) is 6.33 Å². The summed E-state index contributed by atoms with van der Waals surface area (Å²) in [7, 11) is -3.78. The number of unbranched alkanes of at least 4 members (excludes halogenated alkanes) is 15. The summed E-state index contributed by atoms with van der Waals surface area (Å²) < 4.78 is 39.9. The summed E-state index contributed by atoms with van der Waals surface area (Å²) in [5, 5.41) is 14.4. The van der Waals surface area contributed by atoms with Crippen LogP contribution >= 0.6 is 7.60 Å². The van der Waals surface area contributed by atoms with Crippen LogP contribution in [0.5, 0.6) is 0 Å². The summed E-state index contributed by atoms with van der Waals surface area (Å²) in [5.41, 5.74) is 4.19. The van der Waals surface area contributed by atoms with Gasteiger partial charge in [-0.3, -0.25) is 4.57 Å². The van der Waals surface area contributed by atoms with Crippen molar-refractivity contribution in [1.82, 2.24) is 19.5 Å². The molecule has 67 heavy (non-hydrogen) atoms. The van der Waals surface area contributed by atoms with Crippen LogP contribution in [0, 0.1) is 0 Å². The average Bonchev–Trinajstić information content (AvgIpc) is 3.80. The molecule has 0 bridgehead atoms. The van der Waals surface area contributed by atoms with Crippen molar-refractivity contribution in [1.29, 1.82) is 0 Å². The normalized spacial score (nSPS) is 13.2. The number of rotatable bonds is 35. The molecule has 2 heterocycles. The van der Waals surface area contributed by atoms with E-state index in [1.807, 2.05) is 89.5 Å². The molecule has 0 saturated carbocycles. The molecule has 11 nitrogen and oxygen atoms in total. The highest BCUT2D eigenvalue weighted by Gasteiger charge is 2.37. The molecule has 4 aromatic carbocycles. The van der Waals surface area contributed by atoms with Gasteiger partial charge < -0.3 is 33.5 Å². The Kier molecular flexibility index (Phi) is 22.5. The molecule has 0 fully saturated rings. The minimum Gasteiger partial charge on any atom is -0.394 e. The van der Waals surface area contributed by atoms with Gasteiger partial charge in [-0.25, -0.2) is 15.0 Å². The number of fused-ring (bicyclic) bond motifs is 1. The molecule has 0 amide bonds. The quantitative estimate of drug-likeness (QED) is 0.0226. The minimum atomic E-state index is -3.78. The molecule has 0 aliphatic heterocycles. The Bertz CT molecular complexity index is 2170. The molecule has 1 unspecified atom stereocenters. The van der Waals surface area contributed by atoms with Gasteiger partial charge in [-0.15, -0.1) is 0 Å². The standard InChI is InChI=1S/C55H74N5O6P/c1-2-3-4-5-6-7-8-9-10-11-12-13-14-15-16-29-38-63-39-40-65-67(62,66-43-47-30-21-17-22-31-47)46-64-51(42-61)41-60-45-58-52-53(56-44-57-54(52)60)59-55(48-32-23-18-24-33-48,49-34-25-19-26-35-49)50-36-27-20-28-37-50/h17-28,30-37,44-45,51,61H,2-16,29,38-43,46H2,1H3,(H,56,57,59)/t51-,67?/m0/s1. The largest absolute Gasteiger partial charge is 0.394 e. The molecule has 360 valence electrons. The highest BCUT2D eigenvalue weighted by atomic mass is 31.2. The summed E-state index contributed by atoms with van der Waals surface area (Å²) in [6, 6.07) is 40.4. The topological polar surface area (TPSA) is 130 Å². The Morgan fingerprint density at radius 1 is 0.612 bits per heavy atom. The summed E-state index contributed by atoms with van der Waals surface area (Å²) in [6.07, 6.45) is 23.2. The predicted octanol–water partition coefficient (Wildman–Crippen LogP) is 13.3. The lowest BCUT2D eigenvalue weighted by Gasteiger charge is -2.37. The van der Waals surface area contributed by atoms with Crippen molar-refractivity contribution < 1.29 is 28.2 Å². The molecule has 0 saturated heterocycles. The van der Waals surface area contributed by atoms with Crippen molar-refractivity contribution in [3.8, 4) is 0 Å². The second-order valence-electron chi connectivity index (χ2n) is 17.5. The first kappa shape index (κ1) is 51.6. The van der Waals surface area contributed by atoms with Gasteiger partial charge in [0.2, 0.25) is 0 Å². The SMILES string of the molecule is CCCCCCCCCCCCCCCCCCOCCOP(=O)(CO[C@H](CO)Cn1cnc2c(NC(c3ccccc3)(c3ccccc3)c3ccccc3)ncnc21)OCc1ccccc1. The Hall–Kier alpha value is -4.74.